The van der Waals surface area contributed by atoms with Crippen molar-refractivity contribution in [1.82, 2.24) is 0 Å². The van der Waals surface area contributed by atoms with Gasteiger partial charge in [0.05, 0.1) is 12.7 Å². The Kier molecular flexibility index (Phi) is 5.62. The van der Waals surface area contributed by atoms with Crippen LogP contribution in [0.4, 0.5) is 4.79 Å². The first-order valence-electron chi connectivity index (χ1n) is 8.31. The number of hydrogen-bond donors (Lipinski definition) is 2. The summed E-state index contributed by atoms with van der Waals surface area (Å²) in [6, 6.07) is 0. The molecular weight excluding hydrogens is 280 g/mol. The molecule has 5 heteroatoms. The van der Waals surface area contributed by atoms with Gasteiger partial charge in [0, 0.05) is 0 Å². The molecule has 0 aromatic heterocycles. The van der Waals surface area contributed by atoms with E-state index in [1.807, 2.05) is 20.8 Å². The number of rotatable bonds is 7. The average Bonchev–Trinajstić information content (AvgIpc) is 3.24. The van der Waals surface area contributed by atoms with Crippen molar-refractivity contribution >= 4 is 12.0 Å². The Morgan fingerprint density at radius 3 is 2.36 bits per heavy atom. The molecule has 2 rings (SSSR count). The number of ether oxygens (including phenoxy) is 2. The molecule has 2 fully saturated rings. The number of primary amides is 1. The van der Waals surface area contributed by atoms with E-state index >= 15 is 0 Å². The molecule has 2 aliphatic rings. The summed E-state index contributed by atoms with van der Waals surface area (Å²) in [5.74, 6) is 2.75. The Bertz CT molecular complexity index is 420. The van der Waals surface area contributed by atoms with E-state index in [0.717, 1.165) is 24.2 Å². The Morgan fingerprint density at radius 1 is 1.27 bits per heavy atom. The number of carbonyl (C=O) groups excluding carboxylic acids is 1. The van der Waals surface area contributed by atoms with Gasteiger partial charge in [0.25, 0.3) is 0 Å². The highest BCUT2D eigenvalue weighted by Gasteiger charge is 2.40. The van der Waals surface area contributed by atoms with E-state index in [0.29, 0.717) is 6.61 Å². The van der Waals surface area contributed by atoms with Gasteiger partial charge in [0.2, 0.25) is 5.90 Å². The summed E-state index contributed by atoms with van der Waals surface area (Å²) in [6.45, 7) is 6.07. The third kappa shape index (κ3) is 6.60. The SMILES string of the molecule is CC(C)(C)OC(=O)[NH2+]C=CC(=N)OCCC(C1CC1)C1CC1. The summed E-state index contributed by atoms with van der Waals surface area (Å²) in [7, 11) is 0. The van der Waals surface area contributed by atoms with Crippen molar-refractivity contribution in [3.05, 3.63) is 12.3 Å². The van der Waals surface area contributed by atoms with Gasteiger partial charge in [-0.15, -0.1) is 0 Å². The molecule has 0 atom stereocenters. The van der Waals surface area contributed by atoms with Crippen LogP contribution < -0.4 is 5.32 Å². The van der Waals surface area contributed by atoms with E-state index in [1.54, 1.807) is 0 Å². The van der Waals surface area contributed by atoms with Gasteiger partial charge in [-0.3, -0.25) is 5.41 Å². The van der Waals surface area contributed by atoms with Crippen molar-refractivity contribution in [3.8, 4) is 0 Å². The van der Waals surface area contributed by atoms with Crippen LogP contribution >= 0.6 is 0 Å². The fourth-order valence-corrected chi connectivity index (χ4v) is 2.81. The molecule has 124 valence electrons. The summed E-state index contributed by atoms with van der Waals surface area (Å²) in [5.41, 5.74) is -0.494. The Balaban J connectivity index is 1.58. The largest absolute Gasteiger partial charge is 0.517 e. The second-order valence-corrected chi connectivity index (χ2v) is 7.40. The fraction of sp³-hybridized carbons (Fsp3) is 0.765. The summed E-state index contributed by atoms with van der Waals surface area (Å²) in [4.78, 5) is 11.5. The molecule has 0 saturated heterocycles. The lowest BCUT2D eigenvalue weighted by Gasteiger charge is -2.16. The molecule has 1 amide bonds. The maximum atomic E-state index is 11.5. The predicted molar refractivity (Wildman–Crippen MR) is 84.5 cm³/mol. The smallest absolute Gasteiger partial charge is 0.478 e. The quantitative estimate of drug-likeness (QED) is 0.561. The topological polar surface area (TPSA) is 76.0 Å². The number of carbonyl (C=O) groups is 1. The van der Waals surface area contributed by atoms with Crippen LogP contribution in [0.3, 0.4) is 0 Å². The first-order chi connectivity index (χ1) is 10.3. The third-order valence-corrected chi connectivity index (χ3v) is 4.05. The van der Waals surface area contributed by atoms with Gasteiger partial charge < -0.3 is 9.47 Å². The standard InChI is InChI=1S/C17H28N2O3/c1-17(2,3)22-16(20)19-10-8-15(18)21-11-9-14(12-4-5-12)13-6-7-13/h8,10,12-14,18H,4-7,9,11H2,1-3H3,(H,19,20)/p+1. The third-order valence-electron chi connectivity index (χ3n) is 4.05. The van der Waals surface area contributed by atoms with Gasteiger partial charge in [-0.25, -0.2) is 5.32 Å². The monoisotopic (exact) mass is 309 g/mol. The maximum Gasteiger partial charge on any atom is 0.517 e. The lowest BCUT2D eigenvalue weighted by atomic mass is 9.95. The van der Waals surface area contributed by atoms with Crippen LogP contribution in [-0.2, 0) is 9.47 Å². The Labute approximate surface area is 133 Å². The van der Waals surface area contributed by atoms with Crippen LogP contribution in [-0.4, -0.2) is 24.2 Å². The first kappa shape index (κ1) is 17.0. The summed E-state index contributed by atoms with van der Waals surface area (Å²) >= 11 is 0. The molecule has 0 spiro atoms. The number of nitrogens with one attached hydrogen (secondary N) is 1. The minimum atomic E-state index is -0.494. The highest BCUT2D eigenvalue weighted by Crippen LogP contribution is 2.50. The van der Waals surface area contributed by atoms with Crippen molar-refractivity contribution in [3.63, 3.8) is 0 Å². The molecule has 0 heterocycles. The molecule has 5 nitrogen and oxygen atoms in total. The summed E-state index contributed by atoms with van der Waals surface area (Å²) < 4.78 is 10.6. The molecule has 0 aromatic carbocycles. The molecule has 0 unspecified atom stereocenters. The van der Waals surface area contributed by atoms with Gasteiger partial charge in [0.1, 0.15) is 11.8 Å². The normalized spacial score (nSPS) is 18.7. The zero-order valence-corrected chi connectivity index (χ0v) is 13.9. The van der Waals surface area contributed by atoms with Gasteiger partial charge >= 0.3 is 6.09 Å². The van der Waals surface area contributed by atoms with Crippen molar-refractivity contribution in [1.29, 1.82) is 5.41 Å². The molecular formula is C17H29N2O3+. The molecule has 2 saturated carbocycles. The average molecular weight is 309 g/mol. The van der Waals surface area contributed by atoms with E-state index in [9.17, 15) is 4.79 Å². The molecule has 0 bridgehead atoms. The van der Waals surface area contributed by atoms with Crippen LogP contribution in [0.25, 0.3) is 0 Å². The van der Waals surface area contributed by atoms with Crippen molar-refractivity contribution in [2.24, 2.45) is 17.8 Å². The second-order valence-electron chi connectivity index (χ2n) is 7.40. The molecule has 0 radical (unpaired) electrons. The number of nitrogens with two attached hydrogens (primary N) is 1. The number of amides is 1. The van der Waals surface area contributed by atoms with E-state index in [4.69, 9.17) is 14.9 Å². The van der Waals surface area contributed by atoms with Gasteiger partial charge in [0.15, 0.2) is 0 Å². The fourth-order valence-electron chi connectivity index (χ4n) is 2.81. The number of quaternary nitrogens is 1. The Morgan fingerprint density at radius 2 is 1.86 bits per heavy atom. The van der Waals surface area contributed by atoms with Crippen LogP contribution in [0.2, 0.25) is 0 Å². The molecule has 3 N–H and O–H groups in total. The van der Waals surface area contributed by atoms with Crippen molar-refractivity contribution in [2.75, 3.05) is 6.61 Å². The lowest BCUT2D eigenvalue weighted by Crippen LogP contribution is -2.83. The zero-order valence-electron chi connectivity index (χ0n) is 13.9. The highest BCUT2D eigenvalue weighted by atomic mass is 16.6. The van der Waals surface area contributed by atoms with Gasteiger partial charge in [-0.1, -0.05) is 0 Å². The Hall–Kier alpha value is -1.36. The lowest BCUT2D eigenvalue weighted by molar-refractivity contribution is -0.502. The minimum absolute atomic E-state index is 0.102. The maximum absolute atomic E-state index is 11.5. The molecule has 2 aliphatic carbocycles. The van der Waals surface area contributed by atoms with E-state index < -0.39 is 11.7 Å². The predicted octanol–water partition coefficient (Wildman–Crippen LogP) is 2.82. The van der Waals surface area contributed by atoms with E-state index in [2.05, 4.69) is 0 Å². The van der Waals surface area contributed by atoms with Gasteiger partial charge in [-0.2, -0.15) is 4.79 Å². The van der Waals surface area contributed by atoms with Crippen LogP contribution in [0.5, 0.6) is 0 Å². The van der Waals surface area contributed by atoms with Crippen molar-refractivity contribution in [2.45, 2.75) is 58.5 Å². The molecule has 22 heavy (non-hydrogen) atoms. The van der Waals surface area contributed by atoms with Crippen molar-refractivity contribution < 1.29 is 19.6 Å². The first-order valence-corrected chi connectivity index (χ1v) is 8.31. The van der Waals surface area contributed by atoms with Gasteiger partial charge in [-0.05, 0) is 70.6 Å². The van der Waals surface area contributed by atoms with Crippen LogP contribution in [0.1, 0.15) is 52.9 Å². The summed E-state index contributed by atoms with van der Waals surface area (Å²) in [5, 5.41) is 9.04. The van der Waals surface area contributed by atoms with Crippen LogP contribution in [0.15, 0.2) is 12.3 Å². The van der Waals surface area contributed by atoms with Crippen LogP contribution in [0, 0.1) is 23.2 Å². The molecule has 0 aliphatic heterocycles. The summed E-state index contributed by atoms with van der Waals surface area (Å²) in [6.07, 6.45) is 9.17. The zero-order chi connectivity index (χ0) is 16.2. The second kappa shape index (κ2) is 7.27. The number of hydrogen-bond acceptors (Lipinski definition) is 4. The molecule has 0 aromatic rings. The minimum Gasteiger partial charge on any atom is -0.478 e. The van der Waals surface area contributed by atoms with E-state index in [-0.39, 0.29) is 5.90 Å². The van der Waals surface area contributed by atoms with E-state index in [1.165, 1.54) is 43.3 Å². The highest BCUT2D eigenvalue weighted by molar-refractivity contribution is 5.84.